The van der Waals surface area contributed by atoms with Gasteiger partial charge in [0.05, 0.1) is 33.5 Å². The van der Waals surface area contributed by atoms with Crippen molar-refractivity contribution in [2.24, 2.45) is 0 Å². The van der Waals surface area contributed by atoms with Crippen molar-refractivity contribution in [1.29, 1.82) is 0 Å². The summed E-state index contributed by atoms with van der Waals surface area (Å²) in [6.07, 6.45) is 2.25. The first-order valence-corrected chi connectivity index (χ1v) is 12.5. The Kier molecular flexibility index (Phi) is 12.6. The predicted molar refractivity (Wildman–Crippen MR) is 143 cm³/mol. The van der Waals surface area contributed by atoms with Crippen LogP contribution in [-0.4, -0.2) is 43.1 Å². The number of aliphatic hydroxyl groups excluding tert-OH is 1. The summed E-state index contributed by atoms with van der Waals surface area (Å²) in [5, 5.41) is 11.2. The lowest BCUT2D eigenvalue weighted by atomic mass is 10.1. The van der Waals surface area contributed by atoms with Gasteiger partial charge >= 0.3 is 5.97 Å². The molecule has 0 aromatic heterocycles. The molecule has 3 aromatic rings. The molecule has 0 aliphatic heterocycles. The number of methoxy groups -OCH3 is 1. The third-order valence-electron chi connectivity index (χ3n) is 5.74. The lowest BCUT2D eigenvalue weighted by Crippen LogP contribution is -2.42. The van der Waals surface area contributed by atoms with Crippen LogP contribution >= 0.6 is 0 Å². The number of carbonyl (C=O) groups excluding carboxylic acids is 1. The van der Waals surface area contributed by atoms with Crippen molar-refractivity contribution in [2.75, 3.05) is 13.7 Å². The fourth-order valence-electron chi connectivity index (χ4n) is 3.72. The molecule has 0 saturated heterocycles. The van der Waals surface area contributed by atoms with Gasteiger partial charge in [0.25, 0.3) is 0 Å². The van der Waals surface area contributed by atoms with Crippen molar-refractivity contribution < 1.29 is 28.8 Å². The Balaban J connectivity index is 1.72. The molecule has 0 saturated carbocycles. The van der Waals surface area contributed by atoms with E-state index in [1.54, 1.807) is 0 Å². The number of ether oxygens (including phenoxy) is 4. The molecule has 6 heteroatoms. The number of rotatable bonds is 16. The Hall–Kier alpha value is -3.29. The lowest BCUT2D eigenvalue weighted by Gasteiger charge is -2.29. The maximum atomic E-state index is 11.5. The normalized spacial score (nSPS) is 13.8. The van der Waals surface area contributed by atoms with Gasteiger partial charge < -0.3 is 24.1 Å². The van der Waals surface area contributed by atoms with E-state index in [0.717, 1.165) is 16.7 Å². The van der Waals surface area contributed by atoms with Gasteiger partial charge in [-0.1, -0.05) is 103 Å². The molecule has 196 valence electrons. The van der Waals surface area contributed by atoms with Crippen LogP contribution in [0.2, 0.25) is 0 Å². The molecule has 0 fully saturated rings. The topological polar surface area (TPSA) is 74.2 Å². The smallest absolute Gasteiger partial charge is 0.305 e. The minimum atomic E-state index is -0.946. The summed E-state index contributed by atoms with van der Waals surface area (Å²) in [7, 11) is 1.37. The summed E-state index contributed by atoms with van der Waals surface area (Å²) >= 11 is 0. The summed E-state index contributed by atoms with van der Waals surface area (Å²) in [5.41, 5.74) is 3.02. The number of esters is 1. The zero-order valence-corrected chi connectivity index (χ0v) is 21.3. The molecule has 0 aliphatic carbocycles. The molecule has 0 aliphatic rings. The van der Waals surface area contributed by atoms with Crippen LogP contribution in [-0.2, 0) is 43.6 Å². The highest BCUT2D eigenvalue weighted by molar-refractivity contribution is 5.69. The van der Waals surface area contributed by atoms with E-state index in [4.69, 9.17) is 18.9 Å². The Morgan fingerprint density at radius 2 is 1.30 bits per heavy atom. The first-order valence-electron chi connectivity index (χ1n) is 12.5. The van der Waals surface area contributed by atoms with E-state index in [1.165, 1.54) is 7.11 Å². The van der Waals surface area contributed by atoms with Crippen molar-refractivity contribution in [3.63, 3.8) is 0 Å². The van der Waals surface area contributed by atoms with Crippen LogP contribution in [0.4, 0.5) is 0 Å². The van der Waals surface area contributed by atoms with Crippen molar-refractivity contribution >= 4 is 5.97 Å². The average Bonchev–Trinajstić information content (AvgIpc) is 2.95. The van der Waals surface area contributed by atoms with Crippen molar-refractivity contribution in [1.82, 2.24) is 0 Å². The molecule has 6 nitrogen and oxygen atoms in total. The standard InChI is InChI=1S/C31H36O6/c1-34-30(33)20-12-11-19-29(36-22-26-15-7-3-8-16-26)31(37-23-27-17-9-4-10-18-27)28(32)24-35-21-25-13-5-2-6-14-25/h2-11,13-19,28-29,31-32H,12,20-24H2,1H3/b19-11+/t28-,29-,31+/m0/s1. The number of carbonyl (C=O) groups is 1. The van der Waals surface area contributed by atoms with E-state index in [0.29, 0.717) is 26.2 Å². The predicted octanol–water partition coefficient (Wildman–Crippen LogP) is 5.24. The largest absolute Gasteiger partial charge is 0.469 e. The number of aliphatic hydroxyl groups is 1. The number of hydrogen-bond acceptors (Lipinski definition) is 6. The molecule has 0 spiro atoms. The summed E-state index contributed by atoms with van der Waals surface area (Å²) in [6.45, 7) is 1.11. The van der Waals surface area contributed by atoms with Crippen LogP contribution in [0.1, 0.15) is 29.5 Å². The first-order chi connectivity index (χ1) is 18.2. The van der Waals surface area contributed by atoms with E-state index in [-0.39, 0.29) is 19.0 Å². The number of benzene rings is 3. The summed E-state index contributed by atoms with van der Waals surface area (Å²) in [4.78, 5) is 11.5. The van der Waals surface area contributed by atoms with Gasteiger partial charge in [-0.2, -0.15) is 0 Å². The van der Waals surface area contributed by atoms with Crippen molar-refractivity contribution in [3.8, 4) is 0 Å². The van der Waals surface area contributed by atoms with Crippen LogP contribution < -0.4 is 0 Å². The molecule has 0 radical (unpaired) electrons. The van der Waals surface area contributed by atoms with Crippen LogP contribution in [0.15, 0.2) is 103 Å². The highest BCUT2D eigenvalue weighted by Gasteiger charge is 2.29. The zero-order valence-electron chi connectivity index (χ0n) is 21.3. The van der Waals surface area contributed by atoms with Crippen molar-refractivity contribution in [3.05, 3.63) is 120 Å². The molecule has 3 aromatic carbocycles. The third kappa shape index (κ3) is 10.7. The Morgan fingerprint density at radius 3 is 1.84 bits per heavy atom. The summed E-state index contributed by atoms with van der Waals surface area (Å²) in [6, 6.07) is 29.4. The Bertz CT molecular complexity index is 1040. The SMILES string of the molecule is COC(=O)CC/C=C/[C@H](OCc1ccccc1)[C@H](OCc1ccccc1)[C@@H](O)COCc1ccccc1. The minimum absolute atomic E-state index is 0.0789. The Labute approximate surface area is 219 Å². The van der Waals surface area contributed by atoms with Crippen LogP contribution in [0.5, 0.6) is 0 Å². The van der Waals surface area contributed by atoms with Crippen LogP contribution in [0.3, 0.4) is 0 Å². The number of hydrogen-bond donors (Lipinski definition) is 1. The van der Waals surface area contributed by atoms with Crippen LogP contribution in [0, 0.1) is 0 Å². The van der Waals surface area contributed by atoms with E-state index >= 15 is 0 Å². The van der Waals surface area contributed by atoms with E-state index in [1.807, 2.05) is 103 Å². The molecule has 0 heterocycles. The molecule has 37 heavy (non-hydrogen) atoms. The van der Waals surface area contributed by atoms with Gasteiger partial charge in [-0.05, 0) is 23.1 Å². The quantitative estimate of drug-likeness (QED) is 0.212. The van der Waals surface area contributed by atoms with Crippen LogP contribution in [0.25, 0.3) is 0 Å². The molecule has 3 atom stereocenters. The first kappa shape index (κ1) is 28.3. The number of allylic oxidation sites excluding steroid dienone is 1. The second kappa shape index (κ2) is 16.5. The highest BCUT2D eigenvalue weighted by atomic mass is 16.6. The second-order valence-corrected chi connectivity index (χ2v) is 8.63. The maximum Gasteiger partial charge on any atom is 0.305 e. The molecule has 0 unspecified atom stereocenters. The van der Waals surface area contributed by atoms with Gasteiger partial charge in [-0.3, -0.25) is 4.79 Å². The maximum absolute atomic E-state index is 11.5. The van der Waals surface area contributed by atoms with Gasteiger partial charge in [0.2, 0.25) is 0 Å². The molecule has 0 bridgehead atoms. The monoisotopic (exact) mass is 504 g/mol. The van der Waals surface area contributed by atoms with Gasteiger partial charge in [0.15, 0.2) is 0 Å². The van der Waals surface area contributed by atoms with E-state index < -0.39 is 18.3 Å². The molecule has 0 amide bonds. The summed E-state index contributed by atoms with van der Waals surface area (Å²) in [5.74, 6) is -0.280. The molecule has 3 rings (SSSR count). The van der Waals surface area contributed by atoms with Gasteiger partial charge in [0, 0.05) is 6.42 Å². The lowest BCUT2D eigenvalue weighted by molar-refractivity contribution is -0.140. The Morgan fingerprint density at radius 1 is 0.784 bits per heavy atom. The fraction of sp³-hybridized carbons (Fsp3) is 0.323. The third-order valence-corrected chi connectivity index (χ3v) is 5.74. The average molecular weight is 505 g/mol. The molecule has 1 N–H and O–H groups in total. The van der Waals surface area contributed by atoms with E-state index in [9.17, 15) is 9.90 Å². The minimum Gasteiger partial charge on any atom is -0.469 e. The fourth-order valence-corrected chi connectivity index (χ4v) is 3.72. The van der Waals surface area contributed by atoms with Crippen molar-refractivity contribution in [2.45, 2.75) is 51.0 Å². The molecular formula is C31H36O6. The second-order valence-electron chi connectivity index (χ2n) is 8.63. The zero-order chi connectivity index (χ0) is 26.1. The van der Waals surface area contributed by atoms with Gasteiger partial charge in [-0.15, -0.1) is 0 Å². The molecular weight excluding hydrogens is 468 g/mol. The highest BCUT2D eigenvalue weighted by Crippen LogP contribution is 2.18. The van der Waals surface area contributed by atoms with Gasteiger partial charge in [-0.25, -0.2) is 0 Å². The summed E-state index contributed by atoms with van der Waals surface area (Å²) < 4.78 is 23.1. The van der Waals surface area contributed by atoms with E-state index in [2.05, 4.69) is 0 Å². The van der Waals surface area contributed by atoms with Gasteiger partial charge in [0.1, 0.15) is 18.3 Å².